The number of nitrogen functional groups attached to an aromatic ring is 1. The van der Waals surface area contributed by atoms with E-state index in [4.69, 9.17) is 10.3 Å². The van der Waals surface area contributed by atoms with Gasteiger partial charge in [-0.05, 0) is 22.2 Å². The largest absolute Gasteiger partial charge is 0.857 e. The number of pyridine rings is 1. The molecule has 0 aliphatic rings. The third kappa shape index (κ3) is 3.94. The molecule has 7 nitrogen and oxygen atoms in total. The molecule has 0 fully saturated rings. The minimum Gasteiger partial charge on any atom is -0.857 e. The lowest BCUT2D eigenvalue weighted by molar-refractivity contribution is -0.670. The van der Waals surface area contributed by atoms with Crippen LogP contribution in [0.5, 0.6) is 0 Å². The summed E-state index contributed by atoms with van der Waals surface area (Å²) in [6, 6.07) is 13.3. The van der Waals surface area contributed by atoms with Crippen molar-refractivity contribution in [1.82, 2.24) is 10.3 Å². The molecule has 0 saturated carbocycles. The quantitative estimate of drug-likeness (QED) is 0.231. The molecule has 12 heteroatoms. The molecule has 4 aromatic heterocycles. The summed E-state index contributed by atoms with van der Waals surface area (Å²) in [7, 11) is 0. The minimum absolute atomic E-state index is 0.00111. The number of thiophene rings is 2. The molecule has 0 spiro atoms. The Morgan fingerprint density at radius 1 is 1.15 bits per heavy atom. The van der Waals surface area contributed by atoms with Gasteiger partial charge in [0, 0.05) is 23.4 Å². The van der Waals surface area contributed by atoms with Crippen molar-refractivity contribution in [3.8, 4) is 16.3 Å². The van der Waals surface area contributed by atoms with Crippen LogP contribution < -0.4 is 15.5 Å². The lowest BCUT2D eigenvalue weighted by Crippen LogP contribution is -2.30. The number of halogens is 3. The smallest absolute Gasteiger partial charge is 0.417 e. The van der Waals surface area contributed by atoms with E-state index in [0.29, 0.717) is 10.6 Å². The molecule has 33 heavy (non-hydrogen) atoms. The van der Waals surface area contributed by atoms with Gasteiger partial charge in [0.15, 0.2) is 0 Å². The molecule has 5 rings (SSSR count). The van der Waals surface area contributed by atoms with Crippen LogP contribution in [-0.2, 0) is 6.18 Å². The van der Waals surface area contributed by atoms with Crippen LogP contribution in [0, 0.1) is 0 Å². The highest BCUT2D eigenvalue weighted by molar-refractivity contribution is 7.21. The maximum Gasteiger partial charge on any atom is 0.417 e. The zero-order valence-corrected chi connectivity index (χ0v) is 18.0. The average molecular weight is 487 g/mol. The van der Waals surface area contributed by atoms with Crippen LogP contribution in [0.15, 0.2) is 69.6 Å². The van der Waals surface area contributed by atoms with Gasteiger partial charge >= 0.3 is 12.1 Å². The Labute approximate surface area is 191 Å². The molecule has 0 unspecified atom stereocenters. The Balaban J connectivity index is 1.60. The van der Waals surface area contributed by atoms with Crippen molar-refractivity contribution in [2.24, 2.45) is 4.99 Å². The molecule has 1 aromatic carbocycles. The van der Waals surface area contributed by atoms with Crippen molar-refractivity contribution in [2.45, 2.75) is 6.18 Å². The van der Waals surface area contributed by atoms with Crippen LogP contribution in [-0.4, -0.2) is 16.2 Å². The Kier molecular flexibility index (Phi) is 5.10. The molecule has 166 valence electrons. The second-order valence-corrected chi connectivity index (χ2v) is 8.74. The van der Waals surface area contributed by atoms with E-state index in [2.05, 4.69) is 15.2 Å². The van der Waals surface area contributed by atoms with E-state index in [1.54, 1.807) is 41.8 Å². The highest BCUT2D eigenvalue weighted by Gasteiger charge is 2.36. The fourth-order valence-corrected chi connectivity index (χ4v) is 4.88. The molecule has 0 bridgehead atoms. The van der Waals surface area contributed by atoms with E-state index in [9.17, 15) is 18.3 Å². The number of rotatable bonds is 4. The maximum atomic E-state index is 13.8. The van der Waals surface area contributed by atoms with E-state index < -0.39 is 17.6 Å². The fourth-order valence-electron chi connectivity index (χ4n) is 3.19. The third-order valence-corrected chi connectivity index (χ3v) is 6.64. The van der Waals surface area contributed by atoms with Gasteiger partial charge in [-0.25, -0.2) is 9.98 Å². The predicted octanol–water partition coefficient (Wildman–Crippen LogP) is 4.33. The Morgan fingerprint density at radius 2 is 1.94 bits per heavy atom. The van der Waals surface area contributed by atoms with Gasteiger partial charge in [-0.2, -0.15) is 13.2 Å². The molecule has 5 aromatic rings. The molecule has 0 amide bonds. The van der Waals surface area contributed by atoms with Crippen molar-refractivity contribution >= 4 is 50.4 Å². The number of nitrogens with zero attached hydrogens (tertiary/aromatic N) is 4. The Morgan fingerprint density at radius 3 is 2.64 bits per heavy atom. The highest BCUT2D eigenvalue weighted by atomic mass is 32.1. The Hall–Kier alpha value is -3.77. The molecular weight excluding hydrogens is 475 g/mol. The zero-order valence-electron chi connectivity index (χ0n) is 16.4. The van der Waals surface area contributed by atoms with E-state index >= 15 is 0 Å². The first-order chi connectivity index (χ1) is 15.8. The number of nitrogens with two attached hydrogens (primary N) is 1. The van der Waals surface area contributed by atoms with Gasteiger partial charge in [0.05, 0.1) is 26.7 Å². The van der Waals surface area contributed by atoms with Crippen LogP contribution in [0.2, 0.25) is 0 Å². The van der Waals surface area contributed by atoms with Crippen molar-refractivity contribution in [3.05, 3.63) is 70.5 Å². The van der Waals surface area contributed by atoms with Crippen LogP contribution in [0.4, 0.5) is 24.7 Å². The summed E-state index contributed by atoms with van der Waals surface area (Å²) in [5.74, 6) is -0.971. The number of alkyl halides is 3. The van der Waals surface area contributed by atoms with Crippen molar-refractivity contribution in [3.63, 3.8) is 0 Å². The molecule has 0 aliphatic carbocycles. The second kappa shape index (κ2) is 7.98. The van der Waals surface area contributed by atoms with Crippen LogP contribution in [0.25, 0.3) is 26.5 Å². The fraction of sp³-hybridized carbons (Fsp3) is 0.0476. The molecule has 4 heterocycles. The van der Waals surface area contributed by atoms with E-state index in [-0.39, 0.29) is 32.4 Å². The van der Waals surface area contributed by atoms with E-state index in [0.717, 1.165) is 17.4 Å². The summed E-state index contributed by atoms with van der Waals surface area (Å²) < 4.78 is 47.9. The lowest BCUT2D eigenvalue weighted by atomic mass is 10.1. The van der Waals surface area contributed by atoms with Crippen LogP contribution in [0.3, 0.4) is 0 Å². The summed E-state index contributed by atoms with van der Waals surface area (Å²) in [5, 5.41) is 18.0. The summed E-state index contributed by atoms with van der Waals surface area (Å²) >= 11 is 2.01. The Bertz CT molecular complexity index is 1480. The summed E-state index contributed by atoms with van der Waals surface area (Å²) in [5.41, 5.74) is 5.55. The molecule has 2 N–H and O–H groups in total. The summed E-state index contributed by atoms with van der Waals surface area (Å²) in [6.07, 6.45) is -3.31. The first-order valence-electron chi connectivity index (χ1n) is 9.35. The molecule has 0 radical (unpaired) electrons. The van der Waals surface area contributed by atoms with E-state index in [1.807, 2.05) is 6.07 Å². The van der Waals surface area contributed by atoms with Crippen LogP contribution >= 0.6 is 22.7 Å². The normalized spacial score (nSPS) is 12.5. The van der Waals surface area contributed by atoms with Gasteiger partial charge in [-0.1, -0.05) is 24.3 Å². The second-order valence-electron chi connectivity index (χ2n) is 6.79. The summed E-state index contributed by atoms with van der Waals surface area (Å²) in [6.45, 7) is 0. The lowest BCUT2D eigenvalue weighted by Gasteiger charge is -2.11. The predicted molar refractivity (Wildman–Crippen MR) is 117 cm³/mol. The first-order valence-corrected chi connectivity index (χ1v) is 11.0. The topological polar surface area (TPSA) is 104 Å². The average Bonchev–Trinajstić information content (AvgIpc) is 3.54. The minimum atomic E-state index is -4.69. The first kappa shape index (κ1) is 21.1. The van der Waals surface area contributed by atoms with Gasteiger partial charge in [0.25, 0.3) is 6.20 Å². The zero-order chi connectivity index (χ0) is 23.2. The number of hydrogen-bond acceptors (Lipinski definition) is 8. The summed E-state index contributed by atoms with van der Waals surface area (Å²) in [4.78, 5) is 8.56. The monoisotopic (exact) mass is 487 g/mol. The van der Waals surface area contributed by atoms with Crippen molar-refractivity contribution in [1.29, 1.82) is 0 Å². The number of aromatic nitrogens is 3. The maximum absolute atomic E-state index is 13.8. The molecule has 0 saturated heterocycles. The number of anilines is 1. The SMILES string of the molecule is Nc1c(/C([O-])=N/c2c[n+](-c3ccccc3)no2)sc2nc(-c3cccs3)cc(C(F)(F)F)c12. The van der Waals surface area contributed by atoms with Crippen molar-refractivity contribution < 1.29 is 27.5 Å². The van der Waals surface area contributed by atoms with Gasteiger partial charge < -0.3 is 10.8 Å². The number of benzene rings is 1. The number of hydrogen-bond donors (Lipinski definition) is 1. The highest BCUT2D eigenvalue weighted by Crippen LogP contribution is 2.43. The molecule has 0 atom stereocenters. The van der Waals surface area contributed by atoms with Gasteiger partial charge in [0.2, 0.25) is 11.0 Å². The van der Waals surface area contributed by atoms with E-state index in [1.165, 1.54) is 22.2 Å². The standard InChI is InChI=1S/C21H12F3N5O2S2/c22-21(23,24)12-9-13(14-7-4-8-32-14)26-20-16(12)17(25)18(33-20)19(30)27-15-10-29(28-31-15)11-5-2-1-3-6-11/h1-10H,(H2-,25,27,28,30). The molecule has 0 aliphatic heterocycles. The van der Waals surface area contributed by atoms with Crippen LogP contribution in [0.1, 0.15) is 10.4 Å². The number of aliphatic imine (C=N–C) groups is 1. The third-order valence-electron chi connectivity index (χ3n) is 4.66. The number of fused-ring (bicyclic) bond motifs is 1. The van der Waals surface area contributed by atoms with Gasteiger partial charge in [-0.3, -0.25) is 4.52 Å². The van der Waals surface area contributed by atoms with Crippen molar-refractivity contribution in [2.75, 3.05) is 5.73 Å². The number of para-hydroxylation sites is 1. The van der Waals surface area contributed by atoms with Gasteiger partial charge in [0.1, 0.15) is 4.83 Å². The van der Waals surface area contributed by atoms with Gasteiger partial charge in [-0.15, -0.1) is 22.7 Å². The molecular formula is C21H12F3N5O2S2.